The highest BCUT2D eigenvalue weighted by molar-refractivity contribution is 7.84. The van der Waals surface area contributed by atoms with Crippen LogP contribution >= 0.6 is 0 Å². The lowest BCUT2D eigenvalue weighted by Gasteiger charge is -2.18. The number of nitrogens with zero attached hydrogens (tertiary/aromatic N) is 1. The molecule has 2 atom stereocenters. The molecule has 0 amide bonds. The standard InChI is InChI=1S/C13H22N2OS/c1-9-8-10(2)15-12(4)13(9)11(3)14-6-7-17(5)16/h8,11,14H,6-7H2,1-5H3. The van der Waals surface area contributed by atoms with E-state index in [1.54, 1.807) is 6.26 Å². The van der Waals surface area contributed by atoms with Crippen molar-refractivity contribution in [2.45, 2.75) is 33.7 Å². The van der Waals surface area contributed by atoms with Crippen molar-refractivity contribution in [3.63, 3.8) is 0 Å². The fourth-order valence-corrected chi connectivity index (χ4v) is 2.61. The molecule has 0 aliphatic heterocycles. The molecule has 0 spiro atoms. The Kier molecular flexibility index (Phi) is 5.28. The summed E-state index contributed by atoms with van der Waals surface area (Å²) in [7, 11) is -0.731. The molecular weight excluding hydrogens is 232 g/mol. The number of rotatable bonds is 5. The van der Waals surface area contributed by atoms with Gasteiger partial charge in [0.15, 0.2) is 0 Å². The van der Waals surface area contributed by atoms with Gasteiger partial charge in [-0.05, 0) is 44.9 Å². The summed E-state index contributed by atoms with van der Waals surface area (Å²) in [5.74, 6) is 0.696. The van der Waals surface area contributed by atoms with E-state index in [0.717, 1.165) is 17.9 Å². The second kappa shape index (κ2) is 6.26. The van der Waals surface area contributed by atoms with Crippen molar-refractivity contribution in [2.24, 2.45) is 0 Å². The van der Waals surface area contributed by atoms with Crippen LogP contribution in [-0.2, 0) is 10.8 Å². The van der Waals surface area contributed by atoms with E-state index in [-0.39, 0.29) is 6.04 Å². The smallest absolute Gasteiger partial charge is 0.0426 e. The molecule has 17 heavy (non-hydrogen) atoms. The van der Waals surface area contributed by atoms with Gasteiger partial charge in [0.1, 0.15) is 0 Å². The Bertz CT molecular complexity index is 395. The molecule has 0 aliphatic carbocycles. The van der Waals surface area contributed by atoms with Crippen molar-refractivity contribution in [1.29, 1.82) is 0 Å². The van der Waals surface area contributed by atoms with Crippen molar-refractivity contribution < 1.29 is 4.21 Å². The lowest BCUT2D eigenvalue weighted by atomic mass is 10.0. The maximum Gasteiger partial charge on any atom is 0.0426 e. The first-order chi connectivity index (χ1) is 7.91. The highest BCUT2D eigenvalue weighted by atomic mass is 32.2. The molecule has 96 valence electrons. The van der Waals surface area contributed by atoms with Crippen LogP contribution in [0.25, 0.3) is 0 Å². The predicted octanol–water partition coefficient (Wildman–Crippen LogP) is 2.04. The molecule has 0 saturated heterocycles. The van der Waals surface area contributed by atoms with E-state index in [1.807, 2.05) is 13.8 Å². The zero-order valence-electron chi connectivity index (χ0n) is 11.3. The van der Waals surface area contributed by atoms with Gasteiger partial charge >= 0.3 is 0 Å². The summed E-state index contributed by atoms with van der Waals surface area (Å²) in [6, 6.07) is 2.37. The number of aryl methyl sites for hydroxylation is 3. The van der Waals surface area contributed by atoms with Crippen LogP contribution in [0.15, 0.2) is 6.07 Å². The summed E-state index contributed by atoms with van der Waals surface area (Å²) in [5.41, 5.74) is 4.68. The van der Waals surface area contributed by atoms with E-state index in [0.29, 0.717) is 5.75 Å². The second-order valence-electron chi connectivity index (χ2n) is 4.53. The summed E-state index contributed by atoms with van der Waals surface area (Å²) in [6.45, 7) is 9.09. The fraction of sp³-hybridized carbons (Fsp3) is 0.615. The highest BCUT2D eigenvalue weighted by Gasteiger charge is 2.12. The third-order valence-corrected chi connectivity index (χ3v) is 3.64. The average Bonchev–Trinajstić information content (AvgIpc) is 2.14. The predicted molar refractivity (Wildman–Crippen MR) is 73.8 cm³/mol. The van der Waals surface area contributed by atoms with Crippen LogP contribution in [0.4, 0.5) is 0 Å². The maximum absolute atomic E-state index is 11.0. The monoisotopic (exact) mass is 254 g/mol. The molecule has 1 rings (SSSR count). The van der Waals surface area contributed by atoms with Gasteiger partial charge in [0, 0.05) is 46.8 Å². The molecule has 0 aromatic carbocycles. The summed E-state index contributed by atoms with van der Waals surface area (Å²) < 4.78 is 11.0. The normalized spacial score (nSPS) is 14.6. The fourth-order valence-electron chi connectivity index (χ4n) is 2.21. The average molecular weight is 254 g/mol. The van der Waals surface area contributed by atoms with Crippen LogP contribution in [0.3, 0.4) is 0 Å². The maximum atomic E-state index is 11.0. The van der Waals surface area contributed by atoms with E-state index in [9.17, 15) is 4.21 Å². The molecule has 1 aromatic rings. The number of pyridine rings is 1. The molecule has 1 N–H and O–H groups in total. The second-order valence-corrected chi connectivity index (χ2v) is 6.09. The van der Waals surface area contributed by atoms with Gasteiger partial charge in [0.05, 0.1) is 0 Å². The molecule has 1 heterocycles. The van der Waals surface area contributed by atoms with E-state index >= 15 is 0 Å². The number of hydrogen-bond acceptors (Lipinski definition) is 3. The molecule has 0 radical (unpaired) electrons. The van der Waals surface area contributed by atoms with Gasteiger partial charge in [-0.2, -0.15) is 0 Å². The lowest BCUT2D eigenvalue weighted by molar-refractivity contribution is 0.588. The summed E-state index contributed by atoms with van der Waals surface area (Å²) in [6.07, 6.45) is 1.73. The largest absolute Gasteiger partial charge is 0.309 e. The molecule has 1 aromatic heterocycles. The molecule has 0 aliphatic rings. The number of nitrogens with one attached hydrogen (secondary N) is 1. The van der Waals surface area contributed by atoms with Crippen LogP contribution in [-0.4, -0.2) is 27.7 Å². The molecule has 0 bridgehead atoms. The molecule has 2 unspecified atom stereocenters. The zero-order chi connectivity index (χ0) is 13.0. The SMILES string of the molecule is Cc1cc(C)c(C(C)NCCS(C)=O)c(C)n1. The van der Waals surface area contributed by atoms with E-state index in [2.05, 4.69) is 30.2 Å². The summed E-state index contributed by atoms with van der Waals surface area (Å²) in [5, 5.41) is 3.40. The van der Waals surface area contributed by atoms with Gasteiger partial charge in [-0.1, -0.05) is 0 Å². The first-order valence-corrected chi connectivity index (χ1v) is 7.62. The van der Waals surface area contributed by atoms with Gasteiger partial charge in [-0.3, -0.25) is 9.19 Å². The lowest BCUT2D eigenvalue weighted by Crippen LogP contribution is -2.25. The Morgan fingerprint density at radius 3 is 2.59 bits per heavy atom. The van der Waals surface area contributed by atoms with E-state index in [4.69, 9.17) is 0 Å². The number of hydrogen-bond donors (Lipinski definition) is 1. The molecule has 3 nitrogen and oxygen atoms in total. The summed E-state index contributed by atoms with van der Waals surface area (Å²) in [4.78, 5) is 4.50. The quantitative estimate of drug-likeness (QED) is 0.874. The molecule has 0 saturated carbocycles. The van der Waals surface area contributed by atoms with Gasteiger partial charge in [0.25, 0.3) is 0 Å². The molecule has 0 fully saturated rings. The van der Waals surface area contributed by atoms with Gasteiger partial charge in [-0.25, -0.2) is 0 Å². The van der Waals surface area contributed by atoms with Crippen molar-refractivity contribution in [3.05, 3.63) is 28.6 Å². The molecular formula is C13H22N2OS. The third kappa shape index (κ3) is 4.21. The van der Waals surface area contributed by atoms with Crippen LogP contribution in [0.1, 0.15) is 35.5 Å². The Labute approximate surface area is 106 Å². The minimum Gasteiger partial charge on any atom is -0.309 e. The van der Waals surface area contributed by atoms with Gasteiger partial charge < -0.3 is 5.32 Å². The third-order valence-electron chi connectivity index (χ3n) is 2.86. The topological polar surface area (TPSA) is 42.0 Å². The minimum absolute atomic E-state index is 0.256. The molecule has 4 heteroatoms. The first kappa shape index (κ1) is 14.3. The van der Waals surface area contributed by atoms with Crippen molar-refractivity contribution in [2.75, 3.05) is 18.6 Å². The Hall–Kier alpha value is -0.740. The van der Waals surface area contributed by atoms with Crippen LogP contribution in [0, 0.1) is 20.8 Å². The van der Waals surface area contributed by atoms with Gasteiger partial charge in [0.2, 0.25) is 0 Å². The van der Waals surface area contributed by atoms with Crippen molar-refractivity contribution >= 4 is 10.8 Å². The van der Waals surface area contributed by atoms with Crippen LogP contribution in [0.2, 0.25) is 0 Å². The van der Waals surface area contributed by atoms with Crippen LogP contribution in [0.5, 0.6) is 0 Å². The highest BCUT2D eigenvalue weighted by Crippen LogP contribution is 2.20. The van der Waals surface area contributed by atoms with Crippen LogP contribution < -0.4 is 5.32 Å². The zero-order valence-corrected chi connectivity index (χ0v) is 12.1. The first-order valence-electron chi connectivity index (χ1n) is 5.90. The Morgan fingerprint density at radius 2 is 2.06 bits per heavy atom. The van der Waals surface area contributed by atoms with Crippen molar-refractivity contribution in [1.82, 2.24) is 10.3 Å². The summed E-state index contributed by atoms with van der Waals surface area (Å²) >= 11 is 0. The van der Waals surface area contributed by atoms with E-state index < -0.39 is 10.8 Å². The Morgan fingerprint density at radius 1 is 1.41 bits per heavy atom. The van der Waals surface area contributed by atoms with Gasteiger partial charge in [-0.15, -0.1) is 0 Å². The van der Waals surface area contributed by atoms with Crippen molar-refractivity contribution in [3.8, 4) is 0 Å². The Balaban J connectivity index is 2.75. The number of aromatic nitrogens is 1. The minimum atomic E-state index is -0.731. The van der Waals surface area contributed by atoms with E-state index in [1.165, 1.54) is 11.1 Å².